The molecule has 168 valence electrons. The molecule has 9 heteroatoms. The van der Waals surface area contributed by atoms with E-state index in [1.54, 1.807) is 12.1 Å². The first-order chi connectivity index (χ1) is 15.1. The van der Waals surface area contributed by atoms with E-state index in [0.29, 0.717) is 16.5 Å². The largest absolute Gasteiger partial charge is 0.489 e. The summed E-state index contributed by atoms with van der Waals surface area (Å²) in [6.45, 7) is 1.57. The molecule has 0 radical (unpaired) electrons. The van der Waals surface area contributed by atoms with Crippen molar-refractivity contribution < 1.29 is 32.5 Å². The van der Waals surface area contributed by atoms with Crippen LogP contribution in [0.1, 0.15) is 16.7 Å². The molecule has 0 fully saturated rings. The molecule has 0 saturated heterocycles. The third-order valence-electron chi connectivity index (χ3n) is 4.31. The van der Waals surface area contributed by atoms with Gasteiger partial charge in [-0.3, -0.25) is 0 Å². The number of ether oxygens (including phenoxy) is 2. The number of benzene rings is 3. The van der Waals surface area contributed by atoms with Crippen molar-refractivity contribution in [3.63, 3.8) is 0 Å². The third kappa shape index (κ3) is 6.58. The number of alkyl halides is 3. The first-order valence-electron chi connectivity index (χ1n) is 9.33. The number of carboxylic acids is 1. The first-order valence-corrected chi connectivity index (χ1v) is 10.5. The molecule has 32 heavy (non-hydrogen) atoms. The van der Waals surface area contributed by atoms with Crippen LogP contribution in [0.25, 0.3) is 0 Å². The Bertz CT molecular complexity index is 1100. The van der Waals surface area contributed by atoms with Crippen LogP contribution in [0.3, 0.4) is 0 Å². The van der Waals surface area contributed by atoms with Gasteiger partial charge in [0.2, 0.25) is 0 Å². The SMILES string of the molecule is Cc1cc(Sc2ccc(COc3ccc(C(F)(F)F)cc3)cc2Cl)ccc1OCC(=O)O. The lowest BCUT2D eigenvalue weighted by molar-refractivity contribution is -0.139. The van der Waals surface area contributed by atoms with Gasteiger partial charge in [-0.1, -0.05) is 29.4 Å². The van der Waals surface area contributed by atoms with Gasteiger partial charge in [-0.2, -0.15) is 13.2 Å². The summed E-state index contributed by atoms with van der Waals surface area (Å²) < 4.78 is 48.7. The van der Waals surface area contributed by atoms with Crippen molar-refractivity contribution in [2.75, 3.05) is 6.61 Å². The van der Waals surface area contributed by atoms with Crippen LogP contribution >= 0.6 is 23.4 Å². The van der Waals surface area contributed by atoms with Crippen molar-refractivity contribution >= 4 is 29.3 Å². The Kier molecular flexibility index (Phi) is 7.58. The van der Waals surface area contributed by atoms with E-state index in [0.717, 1.165) is 33.1 Å². The Morgan fingerprint density at radius 1 is 1.03 bits per heavy atom. The minimum atomic E-state index is -4.39. The first kappa shape index (κ1) is 23.8. The lowest BCUT2D eigenvalue weighted by Gasteiger charge is -2.11. The number of hydrogen-bond acceptors (Lipinski definition) is 4. The summed E-state index contributed by atoms with van der Waals surface area (Å²) in [4.78, 5) is 12.4. The van der Waals surface area contributed by atoms with Gasteiger partial charge in [-0.15, -0.1) is 0 Å². The van der Waals surface area contributed by atoms with Crippen LogP contribution in [0.15, 0.2) is 70.5 Å². The number of carboxylic acid groups (broad SMARTS) is 1. The number of aliphatic carboxylic acids is 1. The average Bonchev–Trinajstić information content (AvgIpc) is 2.73. The van der Waals surface area contributed by atoms with Crippen LogP contribution in [0.5, 0.6) is 11.5 Å². The van der Waals surface area contributed by atoms with Crippen LogP contribution in [0.4, 0.5) is 13.2 Å². The molecule has 0 atom stereocenters. The van der Waals surface area contributed by atoms with Crippen molar-refractivity contribution in [2.24, 2.45) is 0 Å². The standard InChI is InChI=1S/C23H18ClF3O4S/c1-14-10-18(7-8-20(14)31-13-22(28)29)32-21-9-2-15(11-19(21)24)12-30-17-5-3-16(4-6-17)23(25,26)27/h2-11H,12-13H2,1H3,(H,28,29). The second-order valence-electron chi connectivity index (χ2n) is 6.79. The lowest BCUT2D eigenvalue weighted by atomic mass is 10.2. The van der Waals surface area contributed by atoms with Crippen molar-refractivity contribution in [3.8, 4) is 11.5 Å². The molecule has 0 bridgehead atoms. The molecule has 0 aliphatic carbocycles. The zero-order chi connectivity index (χ0) is 23.3. The summed E-state index contributed by atoms with van der Waals surface area (Å²) in [5.41, 5.74) is 0.841. The van der Waals surface area contributed by atoms with E-state index in [4.69, 9.17) is 26.2 Å². The molecule has 0 saturated carbocycles. The van der Waals surface area contributed by atoms with E-state index < -0.39 is 24.3 Å². The molecule has 0 aliphatic heterocycles. The fourth-order valence-corrected chi connectivity index (χ4v) is 3.97. The van der Waals surface area contributed by atoms with E-state index in [2.05, 4.69) is 0 Å². The number of aryl methyl sites for hydroxylation is 1. The van der Waals surface area contributed by atoms with Gasteiger partial charge >= 0.3 is 12.1 Å². The van der Waals surface area contributed by atoms with Crippen LogP contribution < -0.4 is 9.47 Å². The van der Waals surface area contributed by atoms with Gasteiger partial charge in [0, 0.05) is 9.79 Å². The second kappa shape index (κ2) is 10.2. The molecule has 0 aliphatic rings. The summed E-state index contributed by atoms with van der Waals surface area (Å²) in [7, 11) is 0. The number of halogens is 4. The highest BCUT2D eigenvalue weighted by Gasteiger charge is 2.30. The minimum absolute atomic E-state index is 0.157. The Morgan fingerprint density at radius 2 is 1.75 bits per heavy atom. The maximum absolute atomic E-state index is 12.6. The predicted octanol–water partition coefficient (Wildman–Crippen LogP) is 6.86. The van der Waals surface area contributed by atoms with E-state index >= 15 is 0 Å². The predicted molar refractivity (Wildman–Crippen MR) is 116 cm³/mol. The zero-order valence-electron chi connectivity index (χ0n) is 16.8. The number of rotatable bonds is 8. The van der Waals surface area contributed by atoms with Gasteiger partial charge < -0.3 is 14.6 Å². The molecule has 0 spiro atoms. The van der Waals surface area contributed by atoms with Crippen LogP contribution in [0, 0.1) is 6.92 Å². The Labute approximate surface area is 191 Å². The Balaban J connectivity index is 1.61. The molecule has 0 amide bonds. The van der Waals surface area contributed by atoms with Crippen molar-refractivity contribution in [2.45, 2.75) is 29.5 Å². The quantitative estimate of drug-likeness (QED) is 0.380. The number of hydrogen-bond donors (Lipinski definition) is 1. The fourth-order valence-electron chi connectivity index (χ4n) is 2.74. The summed E-state index contributed by atoms with van der Waals surface area (Å²) in [5.74, 6) is -0.219. The third-order valence-corrected chi connectivity index (χ3v) is 5.80. The molecule has 0 heterocycles. The molecule has 3 aromatic rings. The highest BCUT2D eigenvalue weighted by Crippen LogP contribution is 2.36. The van der Waals surface area contributed by atoms with Gasteiger partial charge in [0.25, 0.3) is 0 Å². The summed E-state index contributed by atoms with van der Waals surface area (Å²) in [6.07, 6.45) is -4.39. The van der Waals surface area contributed by atoms with E-state index in [1.165, 1.54) is 23.9 Å². The average molecular weight is 483 g/mol. The molecule has 0 unspecified atom stereocenters. The monoisotopic (exact) mass is 482 g/mol. The fraction of sp³-hybridized carbons (Fsp3) is 0.174. The Morgan fingerprint density at radius 3 is 2.34 bits per heavy atom. The number of carbonyl (C=O) groups is 1. The second-order valence-corrected chi connectivity index (χ2v) is 8.31. The summed E-state index contributed by atoms with van der Waals surface area (Å²) in [6, 6.07) is 15.3. The molecular formula is C23H18ClF3O4S. The van der Waals surface area contributed by atoms with Gasteiger partial charge in [0.1, 0.15) is 18.1 Å². The highest BCUT2D eigenvalue weighted by molar-refractivity contribution is 7.99. The maximum atomic E-state index is 12.6. The molecule has 1 N–H and O–H groups in total. The van der Waals surface area contributed by atoms with Crippen LogP contribution in [-0.4, -0.2) is 17.7 Å². The molecule has 3 aromatic carbocycles. The molecule has 4 nitrogen and oxygen atoms in total. The van der Waals surface area contributed by atoms with Crippen LogP contribution in [-0.2, 0) is 17.6 Å². The molecule has 0 aromatic heterocycles. The van der Waals surface area contributed by atoms with Crippen LogP contribution in [0.2, 0.25) is 5.02 Å². The molecule has 3 rings (SSSR count). The highest BCUT2D eigenvalue weighted by atomic mass is 35.5. The van der Waals surface area contributed by atoms with Crippen molar-refractivity contribution in [3.05, 3.63) is 82.4 Å². The smallest absolute Gasteiger partial charge is 0.416 e. The van der Waals surface area contributed by atoms with Gasteiger partial charge in [-0.05, 0) is 72.6 Å². The topological polar surface area (TPSA) is 55.8 Å². The summed E-state index contributed by atoms with van der Waals surface area (Å²) >= 11 is 7.83. The van der Waals surface area contributed by atoms with Crippen molar-refractivity contribution in [1.29, 1.82) is 0 Å². The zero-order valence-corrected chi connectivity index (χ0v) is 18.4. The van der Waals surface area contributed by atoms with Crippen molar-refractivity contribution in [1.82, 2.24) is 0 Å². The van der Waals surface area contributed by atoms with Gasteiger partial charge in [0.15, 0.2) is 6.61 Å². The summed E-state index contributed by atoms with van der Waals surface area (Å²) in [5, 5.41) is 9.22. The minimum Gasteiger partial charge on any atom is -0.489 e. The Hall–Kier alpha value is -2.84. The van der Waals surface area contributed by atoms with Gasteiger partial charge in [0.05, 0.1) is 10.6 Å². The molecular weight excluding hydrogens is 465 g/mol. The normalized spacial score (nSPS) is 11.3. The van der Waals surface area contributed by atoms with E-state index in [1.807, 2.05) is 31.2 Å². The lowest BCUT2D eigenvalue weighted by Crippen LogP contribution is -2.09. The van der Waals surface area contributed by atoms with Gasteiger partial charge in [-0.25, -0.2) is 4.79 Å². The van der Waals surface area contributed by atoms with E-state index in [-0.39, 0.29) is 6.61 Å². The van der Waals surface area contributed by atoms with E-state index in [9.17, 15) is 18.0 Å². The maximum Gasteiger partial charge on any atom is 0.416 e.